The molecule has 0 rings (SSSR count). The summed E-state index contributed by atoms with van der Waals surface area (Å²) in [5, 5.41) is 0. The predicted octanol–water partition coefficient (Wildman–Crippen LogP) is 0.415. The van der Waals surface area contributed by atoms with E-state index in [2.05, 4.69) is 0 Å². The van der Waals surface area contributed by atoms with Gasteiger partial charge in [0.1, 0.15) is 0 Å². The summed E-state index contributed by atoms with van der Waals surface area (Å²) in [4.78, 5) is 0. The van der Waals surface area contributed by atoms with Crippen LogP contribution in [0.4, 0.5) is 0 Å². The number of hydrogen-bond donors (Lipinski definition) is 0. The minimum absolute atomic E-state index is 0. The molecule has 0 spiro atoms. The average molecular weight is 1260 g/mol. The van der Waals surface area contributed by atoms with Crippen molar-refractivity contribution in [3.05, 3.63) is 7.43 Å². The second kappa shape index (κ2) is 99.8. The standard InChI is InChI=1S/CH3.14Y/h1H3;;;;;;;;;;;;;;/q-1;;;;;;;;;;;;;;. The Morgan fingerprint density at radius 2 is 0.133 bits per heavy atom. The van der Waals surface area contributed by atoms with Gasteiger partial charge >= 0.3 is 0 Å². The van der Waals surface area contributed by atoms with Crippen LogP contribution in [0.25, 0.3) is 0 Å². The van der Waals surface area contributed by atoms with E-state index >= 15 is 0 Å². The van der Waals surface area contributed by atoms with Gasteiger partial charge in [0.2, 0.25) is 0 Å². The Hall–Kier alpha value is 15.5. The summed E-state index contributed by atoms with van der Waals surface area (Å²) in [5.41, 5.74) is 0. The molecule has 15 heavy (non-hydrogen) atoms. The average Bonchev–Trinajstić information content (AvgIpc) is 0. The largest absolute Gasteiger partial charge is 0.358 e. The molecule has 0 nitrogen and oxygen atoms in total. The van der Waals surface area contributed by atoms with Crippen LogP contribution in [0.3, 0.4) is 0 Å². The summed E-state index contributed by atoms with van der Waals surface area (Å²) in [6, 6.07) is 0. The van der Waals surface area contributed by atoms with Gasteiger partial charge in [0, 0.05) is 458 Å². The molecule has 0 fully saturated rings. The molecule has 0 amide bonds. The molecule has 0 aromatic rings. The van der Waals surface area contributed by atoms with Gasteiger partial charge in [0.25, 0.3) is 0 Å². The SMILES string of the molecule is [CH3-].[Y].[Y].[Y].[Y].[Y].[Y].[Y].[Y].[Y].[Y].[Y].[Y].[Y].[Y]. The van der Waals surface area contributed by atoms with Crippen molar-refractivity contribution in [2.45, 2.75) is 0 Å². The van der Waals surface area contributed by atoms with Gasteiger partial charge in [-0.05, 0) is 0 Å². The summed E-state index contributed by atoms with van der Waals surface area (Å²) < 4.78 is 0. The van der Waals surface area contributed by atoms with Crippen LogP contribution in [-0.4, -0.2) is 0 Å². The molecule has 0 aliphatic carbocycles. The molecular formula is CH3Y14-. The first kappa shape index (κ1) is 111. The number of rotatable bonds is 0. The Kier molecular flexibility index (Phi) is 736. The summed E-state index contributed by atoms with van der Waals surface area (Å²) in [7, 11) is 0. The Labute approximate surface area is 448 Å². The van der Waals surface area contributed by atoms with E-state index in [1.807, 2.05) is 0 Å². The smallest absolute Gasteiger partial charge is 0 e. The molecule has 14 radical (unpaired) electrons. The first-order valence-electron chi connectivity index (χ1n) is 0. The predicted molar refractivity (Wildman–Crippen MR) is 6.41 cm³/mol. The van der Waals surface area contributed by atoms with E-state index in [-0.39, 0.29) is 465 Å². The molecule has 0 atom stereocenters. The summed E-state index contributed by atoms with van der Waals surface area (Å²) >= 11 is 0. The maximum absolute atomic E-state index is 0. The normalized spacial score (nSPS) is 0. The Bertz CT molecular complexity index is 5.30. The van der Waals surface area contributed by atoms with Gasteiger partial charge in [-0.15, -0.1) is 0 Å². The minimum Gasteiger partial charge on any atom is -0.358 e. The molecule has 0 saturated carbocycles. The van der Waals surface area contributed by atoms with Crippen molar-refractivity contribution in [2.75, 3.05) is 0 Å². The van der Waals surface area contributed by atoms with Crippen molar-refractivity contribution in [3.8, 4) is 0 Å². The van der Waals surface area contributed by atoms with Crippen LogP contribution in [0.2, 0.25) is 0 Å². The van der Waals surface area contributed by atoms with E-state index in [4.69, 9.17) is 0 Å². The third kappa shape index (κ3) is 93.0. The van der Waals surface area contributed by atoms with Crippen LogP contribution in [0.5, 0.6) is 0 Å². The van der Waals surface area contributed by atoms with E-state index < -0.39 is 0 Å². The van der Waals surface area contributed by atoms with Gasteiger partial charge in [-0.2, -0.15) is 0 Å². The van der Waals surface area contributed by atoms with Crippen molar-refractivity contribution in [2.24, 2.45) is 0 Å². The first-order valence-corrected chi connectivity index (χ1v) is 0. The van der Waals surface area contributed by atoms with E-state index in [9.17, 15) is 0 Å². The molecule has 0 saturated heterocycles. The molecule has 0 bridgehead atoms. The van der Waals surface area contributed by atoms with Crippen molar-refractivity contribution < 1.29 is 458 Å². The van der Waals surface area contributed by atoms with Gasteiger partial charge in [-0.25, -0.2) is 0 Å². The zero-order chi connectivity index (χ0) is 0. The van der Waals surface area contributed by atoms with Gasteiger partial charge in [-0.1, -0.05) is 0 Å². The Balaban J connectivity index is 0. The van der Waals surface area contributed by atoms with Crippen LogP contribution in [0, 0.1) is 7.43 Å². The van der Waals surface area contributed by atoms with Crippen molar-refractivity contribution >= 4 is 0 Å². The van der Waals surface area contributed by atoms with Crippen LogP contribution in [0.1, 0.15) is 0 Å². The van der Waals surface area contributed by atoms with E-state index in [1.54, 1.807) is 0 Å². The zero-order valence-electron chi connectivity index (χ0n) is 9.08. The molecule has 50 valence electrons. The second-order valence-corrected chi connectivity index (χ2v) is 0. The molecule has 0 N–H and O–H groups in total. The fourth-order valence-electron chi connectivity index (χ4n) is 0. The van der Waals surface area contributed by atoms with Crippen molar-refractivity contribution in [1.29, 1.82) is 0 Å². The maximum Gasteiger partial charge on any atom is 0 e. The Morgan fingerprint density at radius 3 is 0.133 bits per heavy atom. The fourth-order valence-corrected chi connectivity index (χ4v) is 0. The van der Waals surface area contributed by atoms with Crippen LogP contribution in [-0.2, 0) is 458 Å². The van der Waals surface area contributed by atoms with Crippen molar-refractivity contribution in [3.63, 3.8) is 0 Å². The zero-order valence-corrected chi connectivity index (χ0v) is 48.8. The summed E-state index contributed by atoms with van der Waals surface area (Å²) in [6.07, 6.45) is 0. The number of hydrogen-bond acceptors (Lipinski definition) is 0. The molecule has 14 heteroatoms. The molecule has 0 aromatic heterocycles. The second-order valence-electron chi connectivity index (χ2n) is 0. The third-order valence-corrected chi connectivity index (χ3v) is 0. The van der Waals surface area contributed by atoms with Crippen LogP contribution < -0.4 is 0 Å². The monoisotopic (exact) mass is 1260 g/mol. The van der Waals surface area contributed by atoms with Gasteiger partial charge in [-0.3, -0.25) is 0 Å². The molecule has 0 aromatic carbocycles. The van der Waals surface area contributed by atoms with Crippen LogP contribution >= 0.6 is 0 Å². The van der Waals surface area contributed by atoms with Crippen molar-refractivity contribution in [1.82, 2.24) is 0 Å². The van der Waals surface area contributed by atoms with E-state index in [0.717, 1.165) is 0 Å². The molecule has 0 heterocycles. The topological polar surface area (TPSA) is 0 Å². The molecule has 0 unspecified atom stereocenters. The van der Waals surface area contributed by atoms with Gasteiger partial charge in [0.05, 0.1) is 0 Å². The quantitative estimate of drug-likeness (QED) is 0.309. The Morgan fingerprint density at radius 1 is 0.133 bits per heavy atom. The third-order valence-electron chi connectivity index (χ3n) is 0. The van der Waals surface area contributed by atoms with E-state index in [1.165, 1.54) is 0 Å². The first-order chi connectivity index (χ1) is 0. The van der Waals surface area contributed by atoms with Gasteiger partial charge in [0.15, 0.2) is 0 Å². The maximum atomic E-state index is 0. The molecule has 0 aliphatic rings. The fraction of sp³-hybridized carbons (Fsp3) is 0. The summed E-state index contributed by atoms with van der Waals surface area (Å²) in [6.45, 7) is 0. The summed E-state index contributed by atoms with van der Waals surface area (Å²) in [5.74, 6) is 0. The van der Waals surface area contributed by atoms with Gasteiger partial charge < -0.3 is 7.43 Å². The van der Waals surface area contributed by atoms with Crippen LogP contribution in [0.15, 0.2) is 0 Å². The van der Waals surface area contributed by atoms with E-state index in [0.29, 0.717) is 0 Å². The minimum atomic E-state index is 0. The molecule has 0 aliphatic heterocycles. The molecular weight excluding hydrogens is 1260 g/mol.